The average molecular weight is 650 g/mol. The number of carbonyl (C=O) groups excluding carboxylic acids is 3. The maximum absolute atomic E-state index is 11.5. The molecule has 0 spiro atoms. The van der Waals surface area contributed by atoms with Crippen LogP contribution in [0.2, 0.25) is 0 Å². The Morgan fingerprint density at radius 2 is 0.735 bits per heavy atom. The molecule has 3 aromatic carbocycles. The Hall–Kier alpha value is -3.83. The van der Waals surface area contributed by atoms with Gasteiger partial charge in [0, 0.05) is 0 Å². The van der Waals surface area contributed by atoms with Gasteiger partial charge in [0.15, 0.2) is 0 Å². The molecular formula is C27H21BiO6. The van der Waals surface area contributed by atoms with Crippen LogP contribution in [0.3, 0.4) is 0 Å². The van der Waals surface area contributed by atoms with Crippen LogP contribution in [0.15, 0.2) is 111 Å². The van der Waals surface area contributed by atoms with Crippen molar-refractivity contribution in [2.45, 2.75) is 0 Å². The van der Waals surface area contributed by atoms with Gasteiger partial charge >= 0.3 is 206 Å². The van der Waals surface area contributed by atoms with Crippen LogP contribution in [-0.4, -0.2) is 39.7 Å². The molecule has 0 aliphatic rings. The second kappa shape index (κ2) is 11.9. The Bertz CT molecular complexity index is 1060. The van der Waals surface area contributed by atoms with E-state index in [1.807, 2.05) is 36.4 Å². The van der Waals surface area contributed by atoms with Crippen LogP contribution in [0, 0.1) is 0 Å². The zero-order valence-electron chi connectivity index (χ0n) is 18.2. The first kappa shape index (κ1) is 24.8. The summed E-state index contributed by atoms with van der Waals surface area (Å²) in [4.78, 5) is 34.5. The summed E-state index contributed by atoms with van der Waals surface area (Å²) < 4.78 is 18.9. The molecule has 0 atom stereocenters. The average Bonchev–Trinajstić information content (AvgIpc) is 2.87. The fraction of sp³-hybridized carbons (Fsp3) is 0. The van der Waals surface area contributed by atoms with Crippen LogP contribution in [0.5, 0.6) is 17.2 Å². The van der Waals surface area contributed by atoms with E-state index in [0.29, 0.717) is 17.2 Å². The molecule has 6 nitrogen and oxygen atoms in total. The first-order valence-electron chi connectivity index (χ1n) is 10.1. The Morgan fingerprint density at radius 3 is 0.941 bits per heavy atom. The molecule has 0 amide bonds. The third-order valence-electron chi connectivity index (χ3n) is 4.44. The molecule has 170 valence electrons. The van der Waals surface area contributed by atoms with E-state index in [4.69, 9.17) is 14.2 Å². The molecule has 0 heterocycles. The van der Waals surface area contributed by atoms with Crippen molar-refractivity contribution in [3.8, 4) is 17.2 Å². The van der Waals surface area contributed by atoms with E-state index in [9.17, 15) is 14.4 Å². The molecule has 3 aromatic rings. The number of rotatable bonds is 9. The minimum atomic E-state index is -2.81. The zero-order valence-corrected chi connectivity index (χ0v) is 21.7. The summed E-state index contributed by atoms with van der Waals surface area (Å²) in [5.41, 5.74) is 0. The molecule has 3 rings (SSSR count). The molecule has 0 saturated heterocycles. The molecule has 0 aromatic heterocycles. The van der Waals surface area contributed by atoms with Crippen LogP contribution < -0.4 is 24.0 Å². The van der Waals surface area contributed by atoms with E-state index in [1.54, 1.807) is 36.4 Å². The Balaban J connectivity index is 1.96. The van der Waals surface area contributed by atoms with Gasteiger partial charge < -0.3 is 0 Å². The molecule has 7 heteroatoms. The predicted octanol–water partition coefficient (Wildman–Crippen LogP) is 2.48. The molecule has 0 bridgehead atoms. The van der Waals surface area contributed by atoms with Crippen molar-refractivity contribution in [3.63, 3.8) is 0 Å². The van der Waals surface area contributed by atoms with Gasteiger partial charge in [-0.15, -0.1) is 0 Å². The summed E-state index contributed by atoms with van der Waals surface area (Å²) in [6, 6.07) is 22.2. The number of benzene rings is 3. The van der Waals surface area contributed by atoms with E-state index >= 15 is 0 Å². The standard InChI is InChI=1S/3C9H7O2.Bi/c3*1-2-9(10)11-8-6-4-3-5-7-8;/h3*2,4-7H,1H2;. The first-order chi connectivity index (χ1) is 16.4. The van der Waals surface area contributed by atoms with Crippen molar-refractivity contribution in [2.75, 3.05) is 0 Å². The van der Waals surface area contributed by atoms with Crippen molar-refractivity contribution >= 4 is 49.5 Å². The van der Waals surface area contributed by atoms with Crippen molar-refractivity contribution in [1.29, 1.82) is 0 Å². The van der Waals surface area contributed by atoms with Gasteiger partial charge in [0.25, 0.3) is 0 Å². The van der Waals surface area contributed by atoms with E-state index in [-0.39, 0.29) is 0 Å². The van der Waals surface area contributed by atoms with Crippen LogP contribution in [0.4, 0.5) is 0 Å². The molecule has 0 N–H and O–H groups in total. The van der Waals surface area contributed by atoms with Gasteiger partial charge in [0.1, 0.15) is 0 Å². The zero-order chi connectivity index (χ0) is 24.5. The van der Waals surface area contributed by atoms with Gasteiger partial charge in [-0.2, -0.15) is 0 Å². The van der Waals surface area contributed by atoms with E-state index in [1.165, 1.54) is 0 Å². The topological polar surface area (TPSA) is 78.9 Å². The number of ether oxygens (including phenoxy) is 3. The fourth-order valence-corrected chi connectivity index (χ4v) is 11.6. The maximum atomic E-state index is 11.5. The van der Waals surface area contributed by atoms with Gasteiger partial charge in [0.05, 0.1) is 0 Å². The molecule has 0 aliphatic carbocycles. The van der Waals surface area contributed by atoms with E-state index in [0.717, 1.165) is 28.0 Å². The van der Waals surface area contributed by atoms with Crippen molar-refractivity contribution < 1.29 is 28.6 Å². The van der Waals surface area contributed by atoms with Gasteiger partial charge in [-0.25, -0.2) is 0 Å². The third-order valence-corrected chi connectivity index (χ3v) is 13.9. The van der Waals surface area contributed by atoms with Gasteiger partial charge in [-0.05, 0) is 0 Å². The van der Waals surface area contributed by atoms with Crippen LogP contribution in [0.25, 0.3) is 0 Å². The molecular weight excluding hydrogens is 629 g/mol. The van der Waals surface area contributed by atoms with Gasteiger partial charge in [-0.3, -0.25) is 0 Å². The number of esters is 3. The second-order valence-corrected chi connectivity index (χ2v) is 15.3. The summed E-state index contributed by atoms with van der Waals surface area (Å²) in [6.45, 7) is 10.2. The van der Waals surface area contributed by atoms with Gasteiger partial charge in [-0.1, -0.05) is 0 Å². The van der Waals surface area contributed by atoms with E-state index < -0.39 is 39.7 Å². The Morgan fingerprint density at radius 1 is 0.500 bits per heavy atom. The molecule has 0 radical (unpaired) electrons. The van der Waals surface area contributed by atoms with Crippen molar-refractivity contribution in [3.05, 3.63) is 111 Å². The normalized spacial score (nSPS) is 10.1. The first-order valence-corrected chi connectivity index (χ1v) is 15.3. The van der Waals surface area contributed by atoms with E-state index in [2.05, 4.69) is 19.7 Å². The summed E-state index contributed by atoms with van der Waals surface area (Å²) >= 11 is -2.81. The number of carbonyl (C=O) groups is 3. The van der Waals surface area contributed by atoms with Crippen LogP contribution in [0.1, 0.15) is 0 Å². The quantitative estimate of drug-likeness (QED) is 0.153. The van der Waals surface area contributed by atoms with Crippen LogP contribution >= 0.6 is 0 Å². The Kier molecular flexibility index (Phi) is 8.66. The molecule has 0 fully saturated rings. The summed E-state index contributed by atoms with van der Waals surface area (Å²) in [5, 5.41) is 0. The molecule has 0 saturated carbocycles. The fourth-order valence-electron chi connectivity index (χ4n) is 2.91. The monoisotopic (exact) mass is 650 g/mol. The minimum absolute atomic E-state index is 0.427. The molecule has 0 aliphatic heterocycles. The third kappa shape index (κ3) is 6.59. The number of hydrogen-bond donors (Lipinski definition) is 0. The number of hydrogen-bond acceptors (Lipinski definition) is 6. The summed E-state index contributed by atoms with van der Waals surface area (Å²) in [7, 11) is 0. The SMILES string of the molecule is C=CC(=O)Oc1cc[c]([Bi]([c]2ccc(OC(=O)C=C)cc2)[c]2ccc(OC(=O)C=C)cc2)cc1. The summed E-state index contributed by atoms with van der Waals surface area (Å²) in [5.74, 6) is -0.298. The predicted molar refractivity (Wildman–Crippen MR) is 131 cm³/mol. The van der Waals surface area contributed by atoms with Crippen molar-refractivity contribution in [2.24, 2.45) is 0 Å². The van der Waals surface area contributed by atoms with Crippen LogP contribution in [-0.2, 0) is 14.4 Å². The van der Waals surface area contributed by atoms with Crippen molar-refractivity contribution in [1.82, 2.24) is 0 Å². The Labute approximate surface area is 205 Å². The molecule has 0 unspecified atom stereocenters. The summed E-state index contributed by atoms with van der Waals surface area (Å²) in [6.07, 6.45) is 3.32. The van der Waals surface area contributed by atoms with Gasteiger partial charge in [0.2, 0.25) is 0 Å². The second-order valence-electron chi connectivity index (χ2n) is 6.69. The molecule has 34 heavy (non-hydrogen) atoms.